The van der Waals surface area contributed by atoms with E-state index in [1.165, 1.54) is 25.7 Å². The SMILES string of the molecule is O=C(c1ccc(I)c(Cl)c1)C1CCCCCC1. The van der Waals surface area contributed by atoms with Gasteiger partial charge in [-0.1, -0.05) is 43.4 Å². The topological polar surface area (TPSA) is 17.1 Å². The van der Waals surface area contributed by atoms with Gasteiger partial charge in [0.1, 0.15) is 0 Å². The van der Waals surface area contributed by atoms with Crippen LogP contribution in [0.5, 0.6) is 0 Å². The van der Waals surface area contributed by atoms with Gasteiger partial charge in [-0.25, -0.2) is 0 Å². The van der Waals surface area contributed by atoms with Crippen LogP contribution in [0.25, 0.3) is 0 Å². The van der Waals surface area contributed by atoms with Gasteiger partial charge in [0.15, 0.2) is 5.78 Å². The Morgan fingerprint density at radius 3 is 2.41 bits per heavy atom. The highest BCUT2D eigenvalue weighted by Crippen LogP contribution is 2.28. The van der Waals surface area contributed by atoms with Gasteiger partial charge >= 0.3 is 0 Å². The Morgan fingerprint density at radius 2 is 1.82 bits per heavy atom. The molecule has 1 aromatic rings. The number of carbonyl (C=O) groups is 1. The lowest BCUT2D eigenvalue weighted by Crippen LogP contribution is -2.14. The zero-order valence-corrected chi connectivity index (χ0v) is 12.6. The minimum absolute atomic E-state index is 0.216. The van der Waals surface area contributed by atoms with Gasteiger partial charge < -0.3 is 0 Å². The van der Waals surface area contributed by atoms with Crippen LogP contribution >= 0.6 is 34.2 Å². The maximum absolute atomic E-state index is 12.4. The first-order valence-corrected chi connectivity index (χ1v) is 7.63. The Labute approximate surface area is 121 Å². The molecular formula is C14H16ClIO. The van der Waals surface area contributed by atoms with Crippen LogP contribution in [0.3, 0.4) is 0 Å². The summed E-state index contributed by atoms with van der Waals surface area (Å²) < 4.78 is 1.00. The molecule has 17 heavy (non-hydrogen) atoms. The summed E-state index contributed by atoms with van der Waals surface area (Å²) in [5.41, 5.74) is 0.780. The lowest BCUT2D eigenvalue weighted by molar-refractivity contribution is 0.0908. The van der Waals surface area contributed by atoms with E-state index in [2.05, 4.69) is 22.6 Å². The van der Waals surface area contributed by atoms with Crippen molar-refractivity contribution in [1.29, 1.82) is 0 Å². The minimum Gasteiger partial charge on any atom is -0.294 e. The van der Waals surface area contributed by atoms with E-state index in [-0.39, 0.29) is 11.7 Å². The summed E-state index contributed by atoms with van der Waals surface area (Å²) in [6.07, 6.45) is 7.02. The molecule has 2 rings (SSSR count). The highest BCUT2D eigenvalue weighted by Gasteiger charge is 2.21. The second-order valence-corrected chi connectivity index (χ2v) is 6.25. The van der Waals surface area contributed by atoms with Gasteiger partial charge in [-0.2, -0.15) is 0 Å². The second-order valence-electron chi connectivity index (χ2n) is 4.68. The molecule has 0 radical (unpaired) electrons. The van der Waals surface area contributed by atoms with Crippen molar-refractivity contribution < 1.29 is 4.79 Å². The Bertz CT molecular complexity index is 409. The Hall–Kier alpha value is -0.0900. The molecule has 3 heteroatoms. The lowest BCUT2D eigenvalue weighted by atomic mass is 9.91. The fourth-order valence-corrected chi connectivity index (χ4v) is 2.94. The number of hydrogen-bond acceptors (Lipinski definition) is 1. The fraction of sp³-hybridized carbons (Fsp3) is 0.500. The Kier molecular flexibility index (Phi) is 4.86. The van der Waals surface area contributed by atoms with Crippen LogP contribution in [0.1, 0.15) is 48.9 Å². The molecule has 0 saturated heterocycles. The molecule has 0 atom stereocenters. The lowest BCUT2D eigenvalue weighted by Gasteiger charge is -2.13. The van der Waals surface area contributed by atoms with E-state index in [1.54, 1.807) is 0 Å². The van der Waals surface area contributed by atoms with Crippen LogP contribution in [-0.4, -0.2) is 5.78 Å². The summed E-state index contributed by atoms with van der Waals surface area (Å²) in [5, 5.41) is 0.685. The van der Waals surface area contributed by atoms with Gasteiger partial charge in [0.25, 0.3) is 0 Å². The van der Waals surface area contributed by atoms with Crippen LogP contribution < -0.4 is 0 Å². The van der Waals surface area contributed by atoms with Crippen LogP contribution in [0.4, 0.5) is 0 Å². The standard InChI is InChI=1S/C14H16ClIO/c15-12-9-11(7-8-13(12)16)14(17)10-5-3-1-2-4-6-10/h7-10H,1-6H2. The van der Waals surface area contributed by atoms with Crippen molar-refractivity contribution in [3.63, 3.8) is 0 Å². The van der Waals surface area contributed by atoms with Crippen molar-refractivity contribution >= 4 is 40.0 Å². The maximum Gasteiger partial charge on any atom is 0.165 e. The summed E-state index contributed by atoms with van der Waals surface area (Å²) in [7, 11) is 0. The fourth-order valence-electron chi connectivity index (χ4n) is 2.43. The molecule has 1 aromatic carbocycles. The van der Waals surface area contributed by atoms with E-state index in [0.29, 0.717) is 5.02 Å². The summed E-state index contributed by atoms with van der Waals surface area (Å²) in [4.78, 5) is 12.4. The molecule has 0 aliphatic heterocycles. The van der Waals surface area contributed by atoms with E-state index < -0.39 is 0 Å². The predicted molar refractivity (Wildman–Crippen MR) is 79.7 cm³/mol. The molecule has 1 nitrogen and oxygen atoms in total. The zero-order chi connectivity index (χ0) is 12.3. The molecule has 0 unspecified atom stereocenters. The Balaban J connectivity index is 2.14. The van der Waals surface area contributed by atoms with Crippen molar-refractivity contribution in [1.82, 2.24) is 0 Å². The van der Waals surface area contributed by atoms with E-state index in [4.69, 9.17) is 11.6 Å². The average molecular weight is 363 g/mol. The molecule has 0 bridgehead atoms. The second kappa shape index (κ2) is 6.19. The highest BCUT2D eigenvalue weighted by molar-refractivity contribution is 14.1. The number of hydrogen-bond donors (Lipinski definition) is 0. The van der Waals surface area contributed by atoms with Crippen molar-refractivity contribution in [3.05, 3.63) is 32.4 Å². The third kappa shape index (κ3) is 3.44. The van der Waals surface area contributed by atoms with Crippen LogP contribution in [0.15, 0.2) is 18.2 Å². The Morgan fingerprint density at radius 1 is 1.18 bits per heavy atom. The molecule has 0 spiro atoms. The largest absolute Gasteiger partial charge is 0.294 e. The molecule has 1 saturated carbocycles. The number of halogens is 2. The molecule has 0 amide bonds. The monoisotopic (exact) mass is 362 g/mol. The van der Waals surface area contributed by atoms with Crippen LogP contribution in [-0.2, 0) is 0 Å². The van der Waals surface area contributed by atoms with E-state index in [1.807, 2.05) is 18.2 Å². The molecule has 1 aliphatic rings. The first-order valence-electron chi connectivity index (χ1n) is 6.18. The van der Waals surface area contributed by atoms with Gasteiger partial charge in [-0.05, 0) is 47.6 Å². The van der Waals surface area contributed by atoms with Crippen LogP contribution in [0, 0.1) is 9.49 Å². The smallest absolute Gasteiger partial charge is 0.165 e. The van der Waals surface area contributed by atoms with Crippen molar-refractivity contribution in [2.45, 2.75) is 38.5 Å². The normalized spacial score (nSPS) is 17.8. The maximum atomic E-state index is 12.4. The van der Waals surface area contributed by atoms with E-state index >= 15 is 0 Å². The zero-order valence-electron chi connectivity index (χ0n) is 9.72. The molecule has 1 aliphatic carbocycles. The van der Waals surface area contributed by atoms with Crippen LogP contribution in [0.2, 0.25) is 5.02 Å². The van der Waals surface area contributed by atoms with Crippen molar-refractivity contribution in [2.24, 2.45) is 5.92 Å². The molecule has 0 heterocycles. The van der Waals surface area contributed by atoms with E-state index in [0.717, 1.165) is 22.0 Å². The summed E-state index contributed by atoms with van der Waals surface area (Å²) in [6.45, 7) is 0. The summed E-state index contributed by atoms with van der Waals surface area (Å²) >= 11 is 8.25. The predicted octanol–water partition coefficient (Wildman–Crippen LogP) is 5.10. The van der Waals surface area contributed by atoms with Gasteiger partial charge in [0, 0.05) is 15.1 Å². The first-order chi connectivity index (χ1) is 8.18. The molecular weight excluding hydrogens is 347 g/mol. The van der Waals surface area contributed by atoms with Gasteiger partial charge in [-0.3, -0.25) is 4.79 Å². The third-order valence-electron chi connectivity index (χ3n) is 3.43. The quantitative estimate of drug-likeness (QED) is 0.406. The van der Waals surface area contributed by atoms with Crippen molar-refractivity contribution in [2.75, 3.05) is 0 Å². The number of benzene rings is 1. The van der Waals surface area contributed by atoms with E-state index in [9.17, 15) is 4.79 Å². The molecule has 0 aromatic heterocycles. The van der Waals surface area contributed by atoms with Gasteiger partial charge in [-0.15, -0.1) is 0 Å². The number of rotatable bonds is 2. The summed E-state index contributed by atoms with van der Waals surface area (Å²) in [6, 6.07) is 5.64. The highest BCUT2D eigenvalue weighted by atomic mass is 127. The minimum atomic E-state index is 0.216. The third-order valence-corrected chi connectivity index (χ3v) is 5.00. The van der Waals surface area contributed by atoms with Crippen molar-refractivity contribution in [3.8, 4) is 0 Å². The number of Topliss-reactive ketones (excluding diaryl/α,β-unsaturated/α-hetero) is 1. The average Bonchev–Trinajstić information content (AvgIpc) is 2.60. The molecule has 1 fully saturated rings. The number of ketones is 1. The number of carbonyl (C=O) groups excluding carboxylic acids is 1. The first kappa shape index (κ1) is 13.3. The summed E-state index contributed by atoms with van der Waals surface area (Å²) in [5.74, 6) is 0.499. The van der Waals surface area contributed by atoms with Gasteiger partial charge in [0.2, 0.25) is 0 Å². The molecule has 92 valence electrons. The van der Waals surface area contributed by atoms with Gasteiger partial charge in [0.05, 0.1) is 5.02 Å². The molecule has 0 N–H and O–H groups in total.